The van der Waals surface area contributed by atoms with Crippen molar-refractivity contribution in [1.82, 2.24) is 0 Å². The average Bonchev–Trinajstić information content (AvgIpc) is 2.42. The third-order valence-corrected chi connectivity index (χ3v) is 2.82. The molecule has 0 aliphatic carbocycles. The van der Waals surface area contributed by atoms with Crippen molar-refractivity contribution in [2.75, 3.05) is 19.5 Å². The van der Waals surface area contributed by atoms with E-state index >= 15 is 0 Å². The molecule has 1 aromatic rings. The van der Waals surface area contributed by atoms with Crippen LogP contribution in [0.5, 0.6) is 5.75 Å². The summed E-state index contributed by atoms with van der Waals surface area (Å²) in [7, 11) is 2.67. The first-order valence-corrected chi connectivity index (χ1v) is 6.07. The highest BCUT2D eigenvalue weighted by molar-refractivity contribution is 5.79. The minimum Gasteiger partial charge on any atom is -0.490 e. The highest BCUT2D eigenvalue weighted by Gasteiger charge is 2.24. The first-order chi connectivity index (χ1) is 9.40. The van der Waals surface area contributed by atoms with E-state index in [0.717, 1.165) is 0 Å². The molecular formula is C13H18N2O5. The molecule has 0 amide bonds. The summed E-state index contributed by atoms with van der Waals surface area (Å²) in [5, 5.41) is 13.8. The number of anilines is 1. The van der Waals surface area contributed by atoms with Crippen LogP contribution in [0, 0.1) is 16.0 Å². The van der Waals surface area contributed by atoms with E-state index < -0.39 is 16.9 Å². The van der Waals surface area contributed by atoms with Crippen LogP contribution < -0.4 is 10.1 Å². The van der Waals surface area contributed by atoms with Crippen LogP contribution >= 0.6 is 0 Å². The van der Waals surface area contributed by atoms with E-state index in [1.54, 1.807) is 0 Å². The topological polar surface area (TPSA) is 90.7 Å². The van der Waals surface area contributed by atoms with Gasteiger partial charge in [-0.3, -0.25) is 10.1 Å². The molecule has 1 atom stereocenters. The van der Waals surface area contributed by atoms with Crippen LogP contribution in [0.1, 0.15) is 13.8 Å². The maximum atomic E-state index is 11.7. The van der Waals surface area contributed by atoms with Gasteiger partial charge in [0.2, 0.25) is 0 Å². The van der Waals surface area contributed by atoms with Crippen LogP contribution in [-0.4, -0.2) is 31.2 Å². The summed E-state index contributed by atoms with van der Waals surface area (Å²) in [6.45, 7) is 3.74. The Morgan fingerprint density at radius 2 is 2.00 bits per heavy atom. The summed E-state index contributed by atoms with van der Waals surface area (Å²) < 4.78 is 9.70. The number of rotatable bonds is 6. The van der Waals surface area contributed by atoms with E-state index in [2.05, 4.69) is 5.32 Å². The van der Waals surface area contributed by atoms with E-state index in [9.17, 15) is 14.9 Å². The third-order valence-electron chi connectivity index (χ3n) is 2.82. The Hall–Kier alpha value is -2.31. The van der Waals surface area contributed by atoms with Crippen LogP contribution in [0.25, 0.3) is 0 Å². The molecular weight excluding hydrogens is 264 g/mol. The SMILES string of the molecule is COC(=O)C(Nc1ccc([N+](=O)[O-])c(OC)c1)C(C)C. The molecule has 0 aromatic heterocycles. The monoisotopic (exact) mass is 282 g/mol. The van der Waals surface area contributed by atoms with Gasteiger partial charge in [-0.25, -0.2) is 4.79 Å². The Morgan fingerprint density at radius 3 is 2.45 bits per heavy atom. The fourth-order valence-corrected chi connectivity index (χ4v) is 1.72. The highest BCUT2D eigenvalue weighted by Crippen LogP contribution is 2.30. The zero-order valence-corrected chi connectivity index (χ0v) is 11.9. The van der Waals surface area contributed by atoms with Crippen molar-refractivity contribution < 1.29 is 19.2 Å². The normalized spacial score (nSPS) is 11.8. The summed E-state index contributed by atoms with van der Waals surface area (Å²) in [6.07, 6.45) is 0. The predicted octanol–water partition coefficient (Wildman–Crippen LogP) is 2.21. The summed E-state index contributed by atoms with van der Waals surface area (Å²) in [5.41, 5.74) is 0.425. The number of esters is 1. The van der Waals surface area contributed by atoms with Crippen LogP contribution in [0.2, 0.25) is 0 Å². The number of ether oxygens (including phenoxy) is 2. The number of carbonyl (C=O) groups is 1. The summed E-state index contributed by atoms with van der Waals surface area (Å²) in [5.74, 6) is -0.256. The van der Waals surface area contributed by atoms with Crippen LogP contribution in [0.15, 0.2) is 18.2 Å². The number of hydrogen-bond donors (Lipinski definition) is 1. The number of nitro benzene ring substituents is 1. The van der Waals surface area contributed by atoms with Gasteiger partial charge in [-0.15, -0.1) is 0 Å². The lowest BCUT2D eigenvalue weighted by atomic mass is 10.0. The molecule has 7 nitrogen and oxygen atoms in total. The molecule has 0 saturated heterocycles. The van der Waals surface area contributed by atoms with Gasteiger partial charge in [-0.1, -0.05) is 13.8 Å². The molecule has 0 aliphatic heterocycles. The number of benzene rings is 1. The largest absolute Gasteiger partial charge is 0.490 e. The van der Waals surface area contributed by atoms with Crippen molar-refractivity contribution in [1.29, 1.82) is 0 Å². The number of hydrogen-bond acceptors (Lipinski definition) is 6. The van der Waals surface area contributed by atoms with Crippen LogP contribution in [0.3, 0.4) is 0 Å². The quantitative estimate of drug-likeness (QED) is 0.488. The second-order valence-electron chi connectivity index (χ2n) is 4.53. The lowest BCUT2D eigenvalue weighted by molar-refractivity contribution is -0.385. The maximum absolute atomic E-state index is 11.7. The number of carbonyl (C=O) groups excluding carboxylic acids is 1. The Balaban J connectivity index is 3.02. The number of nitrogens with zero attached hydrogens (tertiary/aromatic N) is 1. The minimum atomic E-state index is -0.536. The highest BCUT2D eigenvalue weighted by atomic mass is 16.6. The van der Waals surface area contributed by atoms with Crippen molar-refractivity contribution in [2.45, 2.75) is 19.9 Å². The van der Waals surface area contributed by atoms with Crippen LogP contribution in [-0.2, 0) is 9.53 Å². The fraction of sp³-hybridized carbons (Fsp3) is 0.462. The Bertz CT molecular complexity index is 502. The zero-order chi connectivity index (χ0) is 15.3. The predicted molar refractivity (Wildman–Crippen MR) is 73.9 cm³/mol. The molecule has 0 saturated carbocycles. The lowest BCUT2D eigenvalue weighted by Crippen LogP contribution is -2.35. The van der Waals surface area contributed by atoms with Gasteiger partial charge in [0.25, 0.3) is 0 Å². The molecule has 1 unspecified atom stereocenters. The van der Waals surface area contributed by atoms with Gasteiger partial charge in [0.1, 0.15) is 6.04 Å². The molecule has 1 N–H and O–H groups in total. The van der Waals surface area contributed by atoms with E-state index in [1.165, 1.54) is 32.4 Å². The number of methoxy groups -OCH3 is 2. The molecule has 0 aliphatic rings. The van der Waals surface area contributed by atoms with Gasteiger partial charge in [0.15, 0.2) is 5.75 Å². The van der Waals surface area contributed by atoms with Crippen molar-refractivity contribution in [3.8, 4) is 5.75 Å². The first kappa shape index (κ1) is 15.7. The van der Waals surface area contributed by atoms with Crippen molar-refractivity contribution in [2.24, 2.45) is 5.92 Å². The average molecular weight is 282 g/mol. The molecule has 7 heteroatoms. The molecule has 1 aromatic carbocycles. The maximum Gasteiger partial charge on any atom is 0.328 e. The van der Waals surface area contributed by atoms with E-state index in [-0.39, 0.29) is 17.4 Å². The van der Waals surface area contributed by atoms with Gasteiger partial charge in [-0.05, 0) is 12.0 Å². The molecule has 0 bridgehead atoms. The fourth-order valence-electron chi connectivity index (χ4n) is 1.72. The summed E-state index contributed by atoms with van der Waals surface area (Å²) in [4.78, 5) is 21.9. The smallest absolute Gasteiger partial charge is 0.328 e. The summed E-state index contributed by atoms with van der Waals surface area (Å²) >= 11 is 0. The standard InChI is InChI=1S/C13H18N2O5/c1-8(2)12(13(16)20-4)14-9-5-6-10(15(17)18)11(7-9)19-3/h5-8,12,14H,1-4H3. The van der Waals surface area contributed by atoms with E-state index in [4.69, 9.17) is 9.47 Å². The molecule has 1 rings (SSSR count). The number of nitrogens with one attached hydrogen (secondary N) is 1. The van der Waals surface area contributed by atoms with Crippen molar-refractivity contribution in [3.63, 3.8) is 0 Å². The molecule has 0 spiro atoms. The lowest BCUT2D eigenvalue weighted by Gasteiger charge is -2.21. The van der Waals surface area contributed by atoms with Gasteiger partial charge < -0.3 is 14.8 Å². The van der Waals surface area contributed by atoms with Crippen molar-refractivity contribution >= 4 is 17.3 Å². The second kappa shape index (κ2) is 6.74. The molecule has 0 radical (unpaired) electrons. The van der Waals surface area contributed by atoms with Crippen LogP contribution in [0.4, 0.5) is 11.4 Å². The number of nitro groups is 1. The van der Waals surface area contributed by atoms with Gasteiger partial charge in [-0.2, -0.15) is 0 Å². The zero-order valence-electron chi connectivity index (χ0n) is 11.9. The Labute approximate surface area is 117 Å². The second-order valence-corrected chi connectivity index (χ2v) is 4.53. The Morgan fingerprint density at radius 1 is 1.35 bits per heavy atom. The van der Waals surface area contributed by atoms with Gasteiger partial charge >= 0.3 is 11.7 Å². The minimum absolute atomic E-state index is 0.00337. The Kier molecular flexibility index (Phi) is 5.31. The summed E-state index contributed by atoms with van der Waals surface area (Å²) in [6, 6.07) is 3.80. The molecule has 0 fully saturated rings. The first-order valence-electron chi connectivity index (χ1n) is 6.07. The molecule has 110 valence electrons. The van der Waals surface area contributed by atoms with Gasteiger partial charge in [0, 0.05) is 17.8 Å². The van der Waals surface area contributed by atoms with Crippen molar-refractivity contribution in [3.05, 3.63) is 28.3 Å². The molecule has 0 heterocycles. The van der Waals surface area contributed by atoms with E-state index in [0.29, 0.717) is 5.69 Å². The van der Waals surface area contributed by atoms with Gasteiger partial charge in [0.05, 0.1) is 19.1 Å². The third kappa shape index (κ3) is 3.59. The van der Waals surface area contributed by atoms with E-state index in [1.807, 2.05) is 13.8 Å². The molecule has 20 heavy (non-hydrogen) atoms.